The van der Waals surface area contributed by atoms with Crippen molar-refractivity contribution in [3.05, 3.63) is 33.7 Å². The molecule has 0 radical (unpaired) electrons. The van der Waals surface area contributed by atoms with E-state index in [1.165, 1.54) is 4.57 Å². The molecule has 0 aromatic carbocycles. The predicted octanol–water partition coefficient (Wildman–Crippen LogP) is 1.35. The van der Waals surface area contributed by atoms with E-state index < -0.39 is 5.76 Å². The van der Waals surface area contributed by atoms with Gasteiger partial charge in [-0.15, -0.1) is 0 Å². The highest BCUT2D eigenvalue weighted by molar-refractivity contribution is 7.97. The lowest BCUT2D eigenvalue weighted by Crippen LogP contribution is -2.16. The zero-order chi connectivity index (χ0) is 12.4. The largest absolute Gasteiger partial charge is 0.419 e. The summed E-state index contributed by atoms with van der Waals surface area (Å²) >= 11 is 1.61. The highest BCUT2D eigenvalue weighted by Crippen LogP contribution is 2.09. The van der Waals surface area contributed by atoms with Crippen LogP contribution in [0.5, 0.6) is 0 Å². The molecule has 0 amide bonds. The van der Waals surface area contributed by atoms with Crippen LogP contribution < -0.4 is 5.76 Å². The fourth-order valence-corrected chi connectivity index (χ4v) is 1.82. The molecule has 2 aromatic rings. The van der Waals surface area contributed by atoms with Gasteiger partial charge in [0.1, 0.15) is 12.3 Å². The zero-order valence-corrected chi connectivity index (χ0v) is 10.7. The van der Waals surface area contributed by atoms with Crippen molar-refractivity contribution in [2.24, 2.45) is 0 Å². The fourth-order valence-electron chi connectivity index (χ4n) is 1.45. The monoisotopic (exact) mass is 255 g/mol. The van der Waals surface area contributed by atoms with Crippen molar-refractivity contribution in [3.8, 4) is 0 Å². The first-order valence-electron chi connectivity index (χ1n) is 5.09. The third kappa shape index (κ3) is 2.44. The Balaban J connectivity index is 2.22. The van der Waals surface area contributed by atoms with Crippen LogP contribution in [0.25, 0.3) is 0 Å². The van der Waals surface area contributed by atoms with Gasteiger partial charge in [0.15, 0.2) is 5.82 Å². The van der Waals surface area contributed by atoms with Crippen LogP contribution in [0.1, 0.15) is 23.2 Å². The molecule has 2 heterocycles. The van der Waals surface area contributed by atoms with E-state index in [9.17, 15) is 4.79 Å². The molecule has 17 heavy (non-hydrogen) atoms. The molecule has 0 bridgehead atoms. The van der Waals surface area contributed by atoms with E-state index in [-0.39, 0.29) is 6.54 Å². The lowest BCUT2D eigenvalue weighted by molar-refractivity contribution is 0.360. The summed E-state index contributed by atoms with van der Waals surface area (Å²) in [5.74, 6) is 1.96. The maximum atomic E-state index is 11.5. The van der Waals surface area contributed by atoms with Crippen LogP contribution in [0.3, 0.4) is 0 Å². The smallest absolute Gasteiger partial charge is 0.413 e. The summed E-state index contributed by atoms with van der Waals surface area (Å²) < 4.78 is 11.5. The second kappa shape index (κ2) is 4.79. The predicted molar refractivity (Wildman–Crippen MR) is 63.1 cm³/mol. The molecule has 0 fully saturated rings. The molecule has 92 valence electrons. The minimum atomic E-state index is -0.399. The van der Waals surface area contributed by atoms with E-state index in [4.69, 9.17) is 8.94 Å². The molecule has 0 unspecified atom stereocenters. The van der Waals surface area contributed by atoms with Gasteiger partial charge in [0.2, 0.25) is 5.89 Å². The second-order valence-corrected chi connectivity index (χ2v) is 4.50. The number of aromatic nitrogens is 3. The van der Waals surface area contributed by atoms with Gasteiger partial charge in [-0.05, 0) is 20.1 Å². The zero-order valence-electron chi connectivity index (χ0n) is 9.89. The molecule has 7 heteroatoms. The third-order valence-corrected chi connectivity index (χ3v) is 3.00. The van der Waals surface area contributed by atoms with Gasteiger partial charge in [0, 0.05) is 0 Å². The third-order valence-electron chi connectivity index (χ3n) is 2.45. The highest BCUT2D eigenvalue weighted by Gasteiger charge is 2.13. The van der Waals surface area contributed by atoms with Crippen LogP contribution in [-0.4, -0.2) is 21.0 Å². The minimum absolute atomic E-state index is 0.253. The Morgan fingerprint density at radius 3 is 2.76 bits per heavy atom. The van der Waals surface area contributed by atoms with E-state index in [1.807, 2.05) is 13.2 Å². The Kier molecular flexibility index (Phi) is 3.37. The maximum absolute atomic E-state index is 11.5. The normalized spacial score (nSPS) is 11.0. The summed E-state index contributed by atoms with van der Waals surface area (Å²) in [6, 6.07) is 0. The molecule has 0 N–H and O–H groups in total. The van der Waals surface area contributed by atoms with Gasteiger partial charge in [0.25, 0.3) is 0 Å². The Bertz CT molecular complexity index is 570. The first-order valence-corrected chi connectivity index (χ1v) is 6.48. The van der Waals surface area contributed by atoms with E-state index in [1.54, 1.807) is 18.7 Å². The van der Waals surface area contributed by atoms with Crippen LogP contribution in [0, 0.1) is 13.8 Å². The van der Waals surface area contributed by atoms with E-state index in [0.717, 1.165) is 5.69 Å². The SMILES string of the molecule is CSCc1noc(Cn2c(C)c(C)oc2=O)n1. The molecule has 2 aromatic heterocycles. The lowest BCUT2D eigenvalue weighted by atomic mass is 10.4. The highest BCUT2D eigenvalue weighted by atomic mass is 32.2. The van der Waals surface area contributed by atoms with Crippen molar-refractivity contribution in [3.63, 3.8) is 0 Å². The molecule has 0 atom stereocenters. The van der Waals surface area contributed by atoms with Crippen molar-refractivity contribution in [1.29, 1.82) is 0 Å². The molecular formula is C10H13N3O3S. The first kappa shape index (κ1) is 12.0. The number of aryl methyl sites for hydroxylation is 1. The molecule has 0 saturated carbocycles. The Labute approximate surface area is 102 Å². The number of rotatable bonds is 4. The van der Waals surface area contributed by atoms with Gasteiger partial charge in [-0.2, -0.15) is 16.7 Å². The van der Waals surface area contributed by atoms with Crippen LogP contribution in [0.4, 0.5) is 0 Å². The van der Waals surface area contributed by atoms with Crippen LogP contribution in [0.15, 0.2) is 13.7 Å². The average molecular weight is 255 g/mol. The van der Waals surface area contributed by atoms with Crippen molar-refractivity contribution in [2.75, 3.05) is 6.26 Å². The van der Waals surface area contributed by atoms with Crippen molar-refractivity contribution < 1.29 is 8.94 Å². The first-order chi connectivity index (χ1) is 8.11. The van der Waals surface area contributed by atoms with Gasteiger partial charge in [-0.25, -0.2) is 4.79 Å². The molecule has 0 aliphatic heterocycles. The molecule has 0 saturated heterocycles. The average Bonchev–Trinajstić information content (AvgIpc) is 2.81. The number of hydrogen-bond acceptors (Lipinski definition) is 6. The number of oxazole rings is 1. The van der Waals surface area contributed by atoms with E-state index >= 15 is 0 Å². The molecule has 2 rings (SSSR count). The summed E-state index contributed by atoms with van der Waals surface area (Å²) in [5.41, 5.74) is 0.777. The second-order valence-electron chi connectivity index (χ2n) is 3.63. The number of hydrogen-bond donors (Lipinski definition) is 0. The van der Waals surface area contributed by atoms with Crippen molar-refractivity contribution >= 4 is 11.8 Å². The molecule has 0 aliphatic carbocycles. The maximum Gasteiger partial charge on any atom is 0.419 e. The van der Waals surface area contributed by atoms with Crippen LogP contribution >= 0.6 is 11.8 Å². The van der Waals surface area contributed by atoms with Crippen LogP contribution in [0.2, 0.25) is 0 Å². The van der Waals surface area contributed by atoms with Crippen molar-refractivity contribution in [1.82, 2.24) is 14.7 Å². The Morgan fingerprint density at radius 1 is 1.41 bits per heavy atom. The number of nitrogens with zero attached hydrogens (tertiary/aromatic N) is 3. The Morgan fingerprint density at radius 2 is 2.18 bits per heavy atom. The molecule has 0 aliphatic rings. The summed E-state index contributed by atoms with van der Waals surface area (Å²) in [5, 5.41) is 3.82. The topological polar surface area (TPSA) is 74.1 Å². The van der Waals surface area contributed by atoms with Crippen molar-refractivity contribution in [2.45, 2.75) is 26.1 Å². The quantitative estimate of drug-likeness (QED) is 0.821. The summed E-state index contributed by atoms with van der Waals surface area (Å²) in [7, 11) is 0. The molecular weight excluding hydrogens is 242 g/mol. The summed E-state index contributed by atoms with van der Waals surface area (Å²) in [4.78, 5) is 15.7. The molecule has 6 nitrogen and oxygen atoms in total. The van der Waals surface area contributed by atoms with Gasteiger partial charge in [-0.1, -0.05) is 5.16 Å². The lowest BCUT2D eigenvalue weighted by Gasteiger charge is -1.97. The van der Waals surface area contributed by atoms with E-state index in [2.05, 4.69) is 10.1 Å². The van der Waals surface area contributed by atoms with Gasteiger partial charge in [0.05, 0.1) is 11.4 Å². The van der Waals surface area contributed by atoms with E-state index in [0.29, 0.717) is 23.2 Å². The molecule has 0 spiro atoms. The minimum Gasteiger partial charge on any atom is -0.413 e. The summed E-state index contributed by atoms with van der Waals surface area (Å²) in [6.07, 6.45) is 1.96. The van der Waals surface area contributed by atoms with Crippen LogP contribution in [-0.2, 0) is 12.3 Å². The fraction of sp³-hybridized carbons (Fsp3) is 0.500. The van der Waals surface area contributed by atoms with Gasteiger partial charge >= 0.3 is 5.76 Å². The summed E-state index contributed by atoms with van der Waals surface area (Å²) in [6.45, 7) is 3.82. The number of thioether (sulfide) groups is 1. The van der Waals surface area contributed by atoms with Gasteiger partial charge in [-0.3, -0.25) is 4.57 Å². The Hall–Kier alpha value is -1.50. The van der Waals surface area contributed by atoms with Gasteiger partial charge < -0.3 is 8.94 Å². The standard InChI is InChI=1S/C10H13N3O3S/c1-6-7(2)15-10(14)13(6)4-9-11-8(5-17-3)12-16-9/h4-5H2,1-3H3.